The first-order valence-corrected chi connectivity index (χ1v) is 0.565. The van der Waals surface area contributed by atoms with Crippen LogP contribution in [0.15, 0.2) is 0 Å². The van der Waals surface area contributed by atoms with E-state index in [0.717, 1.165) is 0 Å². The molecule has 35 valence electrons. The summed E-state index contributed by atoms with van der Waals surface area (Å²) in [7, 11) is 0. The van der Waals surface area contributed by atoms with Gasteiger partial charge in [-0.15, -0.1) is 10.1 Å². The molecule has 0 atom stereocenters. The first-order chi connectivity index (χ1) is 1.73. The predicted octanol–water partition coefficient (Wildman–Crippen LogP) is -1.93. The zero-order valence-electron chi connectivity index (χ0n) is 3.92. The molecule has 0 aromatic carbocycles. The molecular weight excluding hydrogens is 157 g/mol. The van der Waals surface area contributed by atoms with Crippen molar-refractivity contribution in [2.75, 3.05) is 0 Å². The monoisotopic (exact) mass is 160 g/mol. The summed E-state index contributed by atoms with van der Waals surface area (Å²) in [4.78, 5) is 8.36. The van der Waals surface area contributed by atoms with Crippen molar-refractivity contribution in [2.45, 2.75) is 0 Å². The molecule has 0 fully saturated rings. The largest absolute Gasteiger partial charge is 0.412 e. The maximum absolute atomic E-state index is 8.36. The summed E-state index contributed by atoms with van der Waals surface area (Å²) in [5, 5.41) is 13.6. The van der Waals surface area contributed by atoms with Gasteiger partial charge in [-0.3, -0.25) is 0 Å². The summed E-state index contributed by atoms with van der Waals surface area (Å²) in [6, 6.07) is 0. The Hall–Kier alpha value is 2.06. The fraction of sp³-hybridized carbons (Fsp3) is 0. The Morgan fingerprint density at radius 3 is 1.57 bits per heavy atom. The number of rotatable bonds is 0. The number of hydrogen-bond donors (Lipinski definition) is 1. The molecule has 0 saturated heterocycles. The summed E-state index contributed by atoms with van der Waals surface area (Å²) < 4.78 is 0. The van der Waals surface area contributed by atoms with Gasteiger partial charge in [-0.1, -0.05) is 0 Å². The summed E-state index contributed by atoms with van der Waals surface area (Å²) in [5.74, 6) is 0. The molecule has 0 bridgehead atoms. The van der Waals surface area contributed by atoms with E-state index in [2.05, 4.69) is 0 Å². The van der Waals surface area contributed by atoms with Crippen molar-refractivity contribution >= 4 is 89.1 Å². The number of nitrogens with zero attached hydrogens (tertiary/aromatic N) is 1. The Balaban J connectivity index is -0.0000000150. The second-order valence-corrected chi connectivity index (χ2v) is 0.238. The van der Waals surface area contributed by atoms with Crippen LogP contribution in [0.1, 0.15) is 0 Å². The van der Waals surface area contributed by atoms with Crippen LogP contribution in [-0.4, -0.2) is 105 Å². The third kappa shape index (κ3) is 69.9. The molecule has 0 aromatic heterocycles. The standard InChI is InChI=1S/Ca.K.HNO3.H2O/c;;2-1(3)4;/h;;(H,2,3,4);1H2. The van der Waals surface area contributed by atoms with Crippen LogP contribution in [-0.2, 0) is 0 Å². The van der Waals surface area contributed by atoms with Gasteiger partial charge in [-0.05, 0) is 0 Å². The molecule has 5 nitrogen and oxygen atoms in total. The third-order valence-electron chi connectivity index (χ3n) is 0. The Bertz CT molecular complexity index is 34.7. The molecule has 0 aliphatic heterocycles. The van der Waals surface area contributed by atoms with Crippen molar-refractivity contribution in [1.29, 1.82) is 0 Å². The smallest absolute Gasteiger partial charge is 0.291 e. The summed E-state index contributed by atoms with van der Waals surface area (Å²) in [6.07, 6.45) is 0. The molecule has 7 heavy (non-hydrogen) atoms. The molecule has 3 N–H and O–H groups in total. The predicted molar refractivity (Wildman–Crippen MR) is 23.9 cm³/mol. The zero-order chi connectivity index (χ0) is 3.58. The van der Waals surface area contributed by atoms with Crippen LogP contribution in [0.4, 0.5) is 0 Å². The fourth-order valence-electron chi connectivity index (χ4n) is 0. The zero-order valence-corrected chi connectivity index (χ0v) is 9.25. The van der Waals surface area contributed by atoms with Crippen molar-refractivity contribution in [3.8, 4) is 0 Å². The molecule has 0 rings (SSSR count). The first kappa shape index (κ1) is 23.0. The van der Waals surface area contributed by atoms with E-state index in [1.54, 1.807) is 0 Å². The minimum atomic E-state index is -1.50. The van der Waals surface area contributed by atoms with Crippen molar-refractivity contribution in [1.82, 2.24) is 0 Å². The van der Waals surface area contributed by atoms with Crippen LogP contribution in [0.25, 0.3) is 0 Å². The van der Waals surface area contributed by atoms with Gasteiger partial charge in [-0.2, -0.15) is 0 Å². The van der Waals surface area contributed by atoms with Crippen LogP contribution in [0.5, 0.6) is 0 Å². The van der Waals surface area contributed by atoms with Gasteiger partial charge in [0.1, 0.15) is 0 Å². The van der Waals surface area contributed by atoms with Crippen LogP contribution in [0.3, 0.4) is 0 Å². The van der Waals surface area contributed by atoms with Gasteiger partial charge in [-0.25, -0.2) is 0 Å². The topological polar surface area (TPSA) is 94.9 Å². The fourth-order valence-corrected chi connectivity index (χ4v) is 0. The minimum absolute atomic E-state index is 0. The van der Waals surface area contributed by atoms with E-state index < -0.39 is 5.09 Å². The van der Waals surface area contributed by atoms with Crippen molar-refractivity contribution in [3.63, 3.8) is 0 Å². The summed E-state index contributed by atoms with van der Waals surface area (Å²) in [5.41, 5.74) is 0. The summed E-state index contributed by atoms with van der Waals surface area (Å²) in [6.45, 7) is 0. The van der Waals surface area contributed by atoms with E-state index >= 15 is 0 Å². The molecule has 0 spiro atoms. The van der Waals surface area contributed by atoms with E-state index in [1.807, 2.05) is 0 Å². The average Bonchev–Trinajstić information content (AvgIpc) is 0.811. The maximum Gasteiger partial charge on any atom is 0.291 e. The Morgan fingerprint density at radius 1 is 1.57 bits per heavy atom. The maximum atomic E-state index is 8.36. The van der Waals surface area contributed by atoms with Crippen LogP contribution in [0.2, 0.25) is 0 Å². The number of hydrogen-bond acceptors (Lipinski definition) is 2. The molecule has 3 radical (unpaired) electrons. The molecule has 0 saturated carbocycles. The van der Waals surface area contributed by atoms with Crippen LogP contribution < -0.4 is 0 Å². The SMILES string of the molecule is O.O=[N+]([O-])O.[Ca].[K]. The molecule has 0 aliphatic rings. The van der Waals surface area contributed by atoms with Crippen molar-refractivity contribution < 1.29 is 15.8 Å². The van der Waals surface area contributed by atoms with Crippen molar-refractivity contribution in [3.05, 3.63) is 10.1 Å². The molecule has 0 heterocycles. The van der Waals surface area contributed by atoms with Gasteiger partial charge < -0.3 is 10.7 Å². The van der Waals surface area contributed by atoms with E-state index in [1.165, 1.54) is 0 Å². The summed E-state index contributed by atoms with van der Waals surface area (Å²) >= 11 is 0. The molecule has 0 aliphatic carbocycles. The second kappa shape index (κ2) is 15.7. The van der Waals surface area contributed by atoms with Gasteiger partial charge in [0.2, 0.25) is 0 Å². The van der Waals surface area contributed by atoms with Gasteiger partial charge in [0, 0.05) is 89.1 Å². The molecule has 7 heteroatoms. The Morgan fingerprint density at radius 2 is 1.57 bits per heavy atom. The quantitative estimate of drug-likeness (QED) is 0.254. The van der Waals surface area contributed by atoms with E-state index in [-0.39, 0.29) is 94.6 Å². The van der Waals surface area contributed by atoms with Crippen LogP contribution >= 0.6 is 0 Å². The molecule has 0 aromatic rings. The minimum Gasteiger partial charge on any atom is -0.412 e. The second-order valence-electron chi connectivity index (χ2n) is 0.238. The van der Waals surface area contributed by atoms with E-state index in [0.29, 0.717) is 0 Å². The molecule has 0 amide bonds. The third-order valence-corrected chi connectivity index (χ3v) is 0. The first-order valence-electron chi connectivity index (χ1n) is 0.565. The average molecular weight is 160 g/mol. The molecular formula is H3CaKNO4. The van der Waals surface area contributed by atoms with Gasteiger partial charge >= 0.3 is 0 Å². The van der Waals surface area contributed by atoms with Crippen molar-refractivity contribution in [2.24, 2.45) is 0 Å². The van der Waals surface area contributed by atoms with Gasteiger partial charge in [0.05, 0.1) is 0 Å². The van der Waals surface area contributed by atoms with E-state index in [9.17, 15) is 0 Å². The molecule has 0 unspecified atom stereocenters. The van der Waals surface area contributed by atoms with Gasteiger partial charge in [0.15, 0.2) is 0 Å². The Labute approximate surface area is 112 Å². The van der Waals surface area contributed by atoms with Crippen LogP contribution in [0, 0.1) is 10.1 Å². The Kier molecular flexibility index (Phi) is 51.5. The normalized spacial score (nSPS) is 3.43. The van der Waals surface area contributed by atoms with E-state index in [4.69, 9.17) is 15.3 Å². The van der Waals surface area contributed by atoms with Gasteiger partial charge in [0.25, 0.3) is 5.09 Å².